The molecule has 8 nitrogen and oxygen atoms in total. The number of anilines is 1. The maximum Gasteiger partial charge on any atom is 0.243 e. The minimum Gasteiger partial charge on any atom is -0.497 e. The Morgan fingerprint density at radius 2 is 1.64 bits per heavy atom. The predicted octanol–water partition coefficient (Wildman–Crippen LogP) is 5.56. The van der Waals surface area contributed by atoms with E-state index in [1.807, 2.05) is 68.4 Å². The molecular formula is C32H40BrN3O5S. The molecule has 10 heteroatoms. The molecule has 3 aromatic carbocycles. The van der Waals surface area contributed by atoms with Crippen molar-refractivity contribution >= 4 is 43.5 Å². The molecule has 0 aliphatic heterocycles. The van der Waals surface area contributed by atoms with Gasteiger partial charge in [0.1, 0.15) is 11.8 Å². The lowest BCUT2D eigenvalue weighted by Crippen LogP contribution is -2.52. The second-order valence-electron chi connectivity index (χ2n) is 10.3. The predicted molar refractivity (Wildman–Crippen MR) is 171 cm³/mol. The molecule has 2 atom stereocenters. The third-order valence-corrected chi connectivity index (χ3v) is 8.71. The van der Waals surface area contributed by atoms with Crippen LogP contribution in [0.4, 0.5) is 5.69 Å². The highest BCUT2D eigenvalue weighted by Gasteiger charge is 2.31. The van der Waals surface area contributed by atoms with Crippen molar-refractivity contribution in [1.29, 1.82) is 0 Å². The van der Waals surface area contributed by atoms with E-state index in [0.29, 0.717) is 17.9 Å². The molecule has 0 aliphatic rings. The lowest BCUT2D eigenvalue weighted by Gasteiger charge is -2.32. The highest BCUT2D eigenvalue weighted by atomic mass is 79.9. The van der Waals surface area contributed by atoms with Gasteiger partial charge in [-0.1, -0.05) is 65.3 Å². The molecule has 226 valence electrons. The van der Waals surface area contributed by atoms with Crippen LogP contribution in [0.1, 0.15) is 44.2 Å². The van der Waals surface area contributed by atoms with Gasteiger partial charge in [-0.15, -0.1) is 0 Å². The van der Waals surface area contributed by atoms with Gasteiger partial charge in [-0.05, 0) is 67.3 Å². The standard InChI is InChI=1S/C32H40BrN3O5S/c1-5-24(2)34-32(38)30(22-25-11-7-6-8-12-25)35(23-26-13-9-14-27(33)21-26)31(37)15-10-20-36(42(4,39)40)28-16-18-29(41-3)19-17-28/h6-9,11-14,16-19,21,24,30H,5,10,15,20,22-23H2,1-4H3,(H,34,38)/t24-,30+/m0/s1. The zero-order valence-electron chi connectivity index (χ0n) is 24.6. The van der Waals surface area contributed by atoms with Crippen molar-refractivity contribution in [2.24, 2.45) is 0 Å². The number of nitrogens with one attached hydrogen (secondary N) is 1. The monoisotopic (exact) mass is 657 g/mol. The molecule has 0 aliphatic carbocycles. The van der Waals surface area contributed by atoms with E-state index in [-0.39, 0.29) is 43.8 Å². The second kappa shape index (κ2) is 15.7. The maximum absolute atomic E-state index is 13.9. The SMILES string of the molecule is CC[C@H](C)NC(=O)[C@@H](Cc1ccccc1)N(Cc1cccc(Br)c1)C(=O)CCCN(c1ccc(OC)cc1)S(C)(=O)=O. The Balaban J connectivity index is 1.88. The van der Waals surface area contributed by atoms with E-state index in [0.717, 1.165) is 28.3 Å². The third-order valence-electron chi connectivity index (χ3n) is 7.03. The van der Waals surface area contributed by atoms with Gasteiger partial charge < -0.3 is 15.0 Å². The summed E-state index contributed by atoms with van der Waals surface area (Å²) in [6.07, 6.45) is 2.60. The van der Waals surface area contributed by atoms with Crippen molar-refractivity contribution < 1.29 is 22.7 Å². The fourth-order valence-electron chi connectivity index (χ4n) is 4.58. The second-order valence-corrected chi connectivity index (χ2v) is 13.1. The number of nitrogens with zero attached hydrogens (tertiary/aromatic N) is 2. The first-order chi connectivity index (χ1) is 20.0. The van der Waals surface area contributed by atoms with Crippen molar-refractivity contribution in [3.63, 3.8) is 0 Å². The quantitative estimate of drug-likeness (QED) is 0.231. The highest BCUT2D eigenvalue weighted by Crippen LogP contribution is 2.23. The largest absolute Gasteiger partial charge is 0.497 e. The number of halogens is 1. The number of ether oxygens (including phenoxy) is 1. The molecule has 0 aromatic heterocycles. The van der Waals surface area contributed by atoms with E-state index in [9.17, 15) is 18.0 Å². The summed E-state index contributed by atoms with van der Waals surface area (Å²) < 4.78 is 32.6. The smallest absolute Gasteiger partial charge is 0.243 e. The average molecular weight is 659 g/mol. The van der Waals surface area contributed by atoms with Crippen LogP contribution < -0.4 is 14.4 Å². The average Bonchev–Trinajstić information content (AvgIpc) is 2.97. The van der Waals surface area contributed by atoms with Crippen LogP contribution in [0.3, 0.4) is 0 Å². The number of methoxy groups -OCH3 is 1. The van der Waals surface area contributed by atoms with Crippen LogP contribution >= 0.6 is 15.9 Å². The molecule has 0 spiro atoms. The summed E-state index contributed by atoms with van der Waals surface area (Å²) in [4.78, 5) is 29.2. The van der Waals surface area contributed by atoms with Crippen LogP contribution in [0.15, 0.2) is 83.3 Å². The van der Waals surface area contributed by atoms with Gasteiger partial charge in [-0.2, -0.15) is 0 Å². The van der Waals surface area contributed by atoms with Crippen molar-refractivity contribution in [3.8, 4) is 5.75 Å². The molecule has 0 fully saturated rings. The van der Waals surface area contributed by atoms with Gasteiger partial charge in [0.05, 0.1) is 19.1 Å². The topological polar surface area (TPSA) is 96.0 Å². The summed E-state index contributed by atoms with van der Waals surface area (Å²) in [5.74, 6) is 0.177. The minimum atomic E-state index is -3.60. The number of sulfonamides is 1. The number of benzene rings is 3. The van der Waals surface area contributed by atoms with Crippen LogP contribution in [-0.2, 0) is 32.6 Å². The fraction of sp³-hybridized carbons (Fsp3) is 0.375. The molecule has 3 rings (SSSR count). The van der Waals surface area contributed by atoms with E-state index < -0.39 is 16.1 Å². The molecule has 0 heterocycles. The Labute approximate surface area is 258 Å². The summed E-state index contributed by atoms with van der Waals surface area (Å²) in [6, 6.07) is 23.2. The number of carbonyl (C=O) groups is 2. The molecule has 42 heavy (non-hydrogen) atoms. The van der Waals surface area contributed by atoms with E-state index >= 15 is 0 Å². The number of rotatable bonds is 15. The van der Waals surface area contributed by atoms with E-state index in [2.05, 4.69) is 21.2 Å². The van der Waals surface area contributed by atoms with Crippen LogP contribution in [-0.4, -0.2) is 57.1 Å². The molecule has 0 radical (unpaired) electrons. The Morgan fingerprint density at radius 3 is 2.24 bits per heavy atom. The zero-order chi connectivity index (χ0) is 30.7. The normalized spacial score (nSPS) is 12.7. The van der Waals surface area contributed by atoms with Gasteiger partial charge in [0, 0.05) is 36.4 Å². The molecule has 3 aromatic rings. The van der Waals surface area contributed by atoms with Gasteiger partial charge in [0.2, 0.25) is 21.8 Å². The van der Waals surface area contributed by atoms with Crippen molar-refractivity contribution in [3.05, 3.63) is 94.5 Å². The van der Waals surface area contributed by atoms with Crippen molar-refractivity contribution in [1.82, 2.24) is 10.2 Å². The van der Waals surface area contributed by atoms with Gasteiger partial charge in [0.25, 0.3) is 0 Å². The van der Waals surface area contributed by atoms with Crippen LogP contribution in [0.5, 0.6) is 5.75 Å². The number of amides is 2. The molecule has 2 amide bonds. The molecule has 1 N–H and O–H groups in total. The summed E-state index contributed by atoms with van der Waals surface area (Å²) in [5, 5.41) is 3.07. The molecule has 0 unspecified atom stereocenters. The van der Waals surface area contributed by atoms with Gasteiger partial charge in [-0.3, -0.25) is 13.9 Å². The Morgan fingerprint density at radius 1 is 0.976 bits per heavy atom. The molecule has 0 saturated carbocycles. The summed E-state index contributed by atoms with van der Waals surface area (Å²) in [7, 11) is -2.05. The van der Waals surface area contributed by atoms with Gasteiger partial charge >= 0.3 is 0 Å². The summed E-state index contributed by atoms with van der Waals surface area (Å²) >= 11 is 3.51. The van der Waals surface area contributed by atoms with E-state index in [4.69, 9.17) is 4.74 Å². The van der Waals surface area contributed by atoms with E-state index in [1.165, 1.54) is 4.31 Å². The molecular weight excluding hydrogens is 618 g/mol. The maximum atomic E-state index is 13.9. The summed E-state index contributed by atoms with van der Waals surface area (Å²) in [5.41, 5.74) is 2.31. The van der Waals surface area contributed by atoms with Crippen LogP contribution in [0, 0.1) is 0 Å². The Bertz CT molecular complexity index is 1420. The first kappa shape index (κ1) is 33.1. The zero-order valence-corrected chi connectivity index (χ0v) is 27.0. The van der Waals surface area contributed by atoms with Gasteiger partial charge in [0.15, 0.2) is 0 Å². The molecule has 0 bridgehead atoms. The fourth-order valence-corrected chi connectivity index (χ4v) is 5.99. The van der Waals surface area contributed by atoms with Crippen molar-refractivity contribution in [2.75, 3.05) is 24.2 Å². The van der Waals surface area contributed by atoms with Gasteiger partial charge in [-0.25, -0.2) is 8.42 Å². The lowest BCUT2D eigenvalue weighted by molar-refractivity contribution is -0.141. The van der Waals surface area contributed by atoms with Crippen molar-refractivity contribution in [2.45, 2.75) is 58.2 Å². The number of hydrogen-bond acceptors (Lipinski definition) is 5. The lowest BCUT2D eigenvalue weighted by atomic mass is 10.0. The Hall–Kier alpha value is -3.37. The first-order valence-corrected chi connectivity index (χ1v) is 16.7. The number of hydrogen-bond donors (Lipinski definition) is 1. The highest BCUT2D eigenvalue weighted by molar-refractivity contribution is 9.10. The Kier molecular flexibility index (Phi) is 12.4. The first-order valence-electron chi connectivity index (χ1n) is 14.0. The summed E-state index contributed by atoms with van der Waals surface area (Å²) in [6.45, 7) is 4.29. The van der Waals surface area contributed by atoms with E-state index in [1.54, 1.807) is 36.3 Å². The third kappa shape index (κ3) is 9.87. The van der Waals surface area contributed by atoms with Crippen LogP contribution in [0.25, 0.3) is 0 Å². The van der Waals surface area contributed by atoms with Crippen LogP contribution in [0.2, 0.25) is 0 Å². The molecule has 0 saturated heterocycles. The number of carbonyl (C=O) groups excluding carboxylic acids is 2. The minimum absolute atomic E-state index is 0.0496.